The first-order valence-electron chi connectivity index (χ1n) is 8.52. The zero-order chi connectivity index (χ0) is 18.2. The average molecular weight is 540 g/mol. The number of benzene rings is 1. The van der Waals surface area contributed by atoms with Gasteiger partial charge in [0.2, 0.25) is 0 Å². The number of hydrogen-bond donors (Lipinski definition) is 1. The molecule has 0 radical (unpaired) electrons. The van der Waals surface area contributed by atoms with Crippen LogP contribution in [-0.2, 0) is 16.1 Å². The van der Waals surface area contributed by atoms with Gasteiger partial charge in [-0.25, -0.2) is 4.99 Å². The van der Waals surface area contributed by atoms with Gasteiger partial charge in [0, 0.05) is 19.6 Å². The summed E-state index contributed by atoms with van der Waals surface area (Å²) >= 11 is 3.51. The average Bonchev–Trinajstić information content (AvgIpc) is 2.64. The molecule has 1 aromatic rings. The zero-order valence-electron chi connectivity index (χ0n) is 15.5. The molecule has 6 nitrogen and oxygen atoms in total. The van der Waals surface area contributed by atoms with Gasteiger partial charge in [0.05, 0.1) is 31.2 Å². The summed E-state index contributed by atoms with van der Waals surface area (Å²) in [5, 5.41) is 3.34. The van der Waals surface area contributed by atoms with E-state index in [0.717, 1.165) is 54.2 Å². The highest BCUT2D eigenvalue weighted by atomic mass is 127. The molecule has 1 aliphatic heterocycles. The van der Waals surface area contributed by atoms with E-state index in [0.29, 0.717) is 6.54 Å². The molecule has 0 bridgehead atoms. The fourth-order valence-corrected chi connectivity index (χ4v) is 3.48. The number of aliphatic imine (C=N–C) groups is 1. The first-order valence-corrected chi connectivity index (χ1v) is 9.31. The summed E-state index contributed by atoms with van der Waals surface area (Å²) in [5.74, 6) is 1.59. The van der Waals surface area contributed by atoms with E-state index < -0.39 is 0 Å². The number of nitrogens with zero attached hydrogens (tertiary/aromatic N) is 2. The third kappa shape index (κ3) is 6.29. The van der Waals surface area contributed by atoms with E-state index >= 15 is 0 Å². The van der Waals surface area contributed by atoms with Gasteiger partial charge in [0.15, 0.2) is 5.96 Å². The summed E-state index contributed by atoms with van der Waals surface area (Å²) in [6, 6.07) is 5.97. The molecule has 2 rings (SSSR count). The smallest absolute Gasteiger partial charge is 0.308 e. The van der Waals surface area contributed by atoms with Crippen molar-refractivity contribution in [2.24, 2.45) is 10.9 Å². The minimum absolute atomic E-state index is 0. The van der Waals surface area contributed by atoms with Crippen molar-refractivity contribution in [3.63, 3.8) is 0 Å². The molecule has 1 saturated heterocycles. The Hall–Kier alpha value is -1.03. The van der Waals surface area contributed by atoms with Crippen LogP contribution in [0.5, 0.6) is 5.75 Å². The van der Waals surface area contributed by atoms with Crippen molar-refractivity contribution in [3.8, 4) is 5.75 Å². The maximum Gasteiger partial charge on any atom is 0.308 e. The lowest BCUT2D eigenvalue weighted by molar-refractivity contribution is -0.146. The van der Waals surface area contributed by atoms with Crippen LogP contribution >= 0.6 is 39.9 Å². The first kappa shape index (κ1) is 23.0. The molecule has 1 fully saturated rings. The predicted molar refractivity (Wildman–Crippen MR) is 117 cm³/mol. The number of carbonyl (C=O) groups excluding carboxylic acids is 1. The van der Waals surface area contributed by atoms with Crippen LogP contribution in [0.2, 0.25) is 0 Å². The van der Waals surface area contributed by atoms with Crippen molar-refractivity contribution in [2.45, 2.75) is 26.3 Å². The Morgan fingerprint density at radius 1 is 1.35 bits per heavy atom. The Kier molecular flexibility index (Phi) is 10.3. The molecule has 0 unspecified atom stereocenters. The van der Waals surface area contributed by atoms with Crippen molar-refractivity contribution < 1.29 is 14.3 Å². The Labute approximate surface area is 180 Å². The molecule has 0 spiro atoms. The summed E-state index contributed by atoms with van der Waals surface area (Å²) in [6.07, 6.45) is 1.59. The van der Waals surface area contributed by atoms with E-state index in [1.807, 2.05) is 18.2 Å². The van der Waals surface area contributed by atoms with Gasteiger partial charge in [-0.05, 0) is 53.4 Å². The Morgan fingerprint density at radius 2 is 2.04 bits per heavy atom. The molecular weight excluding hydrogens is 513 g/mol. The summed E-state index contributed by atoms with van der Waals surface area (Å²) in [7, 11) is 3.10. The lowest BCUT2D eigenvalue weighted by Crippen LogP contribution is -2.46. The number of methoxy groups -OCH3 is 2. The normalized spacial score (nSPS) is 15.2. The van der Waals surface area contributed by atoms with Crippen LogP contribution < -0.4 is 10.1 Å². The van der Waals surface area contributed by atoms with E-state index in [2.05, 4.69) is 33.1 Å². The van der Waals surface area contributed by atoms with Gasteiger partial charge in [0.25, 0.3) is 0 Å². The lowest BCUT2D eigenvalue weighted by Gasteiger charge is -2.33. The lowest BCUT2D eigenvalue weighted by atomic mass is 9.97. The van der Waals surface area contributed by atoms with Crippen LogP contribution in [0.1, 0.15) is 25.3 Å². The number of rotatable bonds is 5. The highest BCUT2D eigenvalue weighted by Gasteiger charge is 2.26. The van der Waals surface area contributed by atoms with Crippen LogP contribution in [-0.4, -0.2) is 50.7 Å². The minimum Gasteiger partial charge on any atom is -0.496 e. The molecule has 26 heavy (non-hydrogen) atoms. The molecule has 0 atom stereocenters. The van der Waals surface area contributed by atoms with E-state index in [9.17, 15) is 4.79 Å². The molecule has 1 aromatic carbocycles. The van der Waals surface area contributed by atoms with Crippen LogP contribution in [0.4, 0.5) is 0 Å². The molecule has 0 saturated carbocycles. The number of esters is 1. The molecule has 1 N–H and O–H groups in total. The Balaban J connectivity index is 0.00000338. The van der Waals surface area contributed by atoms with Gasteiger partial charge >= 0.3 is 5.97 Å². The van der Waals surface area contributed by atoms with Crippen molar-refractivity contribution >= 4 is 51.8 Å². The van der Waals surface area contributed by atoms with Crippen LogP contribution in [0, 0.1) is 5.92 Å². The highest BCUT2D eigenvalue weighted by Crippen LogP contribution is 2.26. The quantitative estimate of drug-likeness (QED) is 0.269. The SMILES string of the molecule is CCNC(=NCc1ccc(OC)c(Br)c1)N1CCC(C(=O)OC)CC1.I. The van der Waals surface area contributed by atoms with E-state index in [1.165, 1.54) is 7.11 Å². The standard InChI is InChI=1S/C18H26BrN3O3.HI/c1-4-20-18(22-9-7-14(8-10-22)17(23)25-3)21-12-13-5-6-16(24-2)15(19)11-13;/h5-6,11,14H,4,7-10,12H2,1-3H3,(H,20,21);1H. The molecule has 0 aliphatic carbocycles. The highest BCUT2D eigenvalue weighted by molar-refractivity contribution is 14.0. The summed E-state index contributed by atoms with van der Waals surface area (Å²) < 4.78 is 11.0. The monoisotopic (exact) mass is 539 g/mol. The van der Waals surface area contributed by atoms with Gasteiger partial charge < -0.3 is 19.7 Å². The van der Waals surface area contributed by atoms with Crippen molar-refractivity contribution in [1.29, 1.82) is 0 Å². The summed E-state index contributed by atoms with van der Waals surface area (Å²) in [5.41, 5.74) is 1.10. The third-order valence-corrected chi connectivity index (χ3v) is 4.91. The predicted octanol–water partition coefficient (Wildman–Crippen LogP) is 3.43. The Bertz CT molecular complexity index is 620. The third-order valence-electron chi connectivity index (χ3n) is 4.29. The van der Waals surface area contributed by atoms with Crippen molar-refractivity contribution in [1.82, 2.24) is 10.2 Å². The number of ether oxygens (including phenoxy) is 2. The number of hydrogen-bond acceptors (Lipinski definition) is 4. The summed E-state index contributed by atoms with van der Waals surface area (Å²) in [6.45, 7) is 5.06. The number of likely N-dealkylation sites (tertiary alicyclic amines) is 1. The number of piperidine rings is 1. The molecule has 146 valence electrons. The largest absolute Gasteiger partial charge is 0.496 e. The molecule has 1 heterocycles. The maximum absolute atomic E-state index is 11.7. The van der Waals surface area contributed by atoms with Crippen LogP contribution in [0.15, 0.2) is 27.7 Å². The molecular formula is C18H27BrIN3O3. The van der Waals surface area contributed by atoms with E-state index in [1.54, 1.807) is 7.11 Å². The van der Waals surface area contributed by atoms with Gasteiger partial charge in [-0.2, -0.15) is 0 Å². The fourth-order valence-electron chi connectivity index (χ4n) is 2.89. The molecule has 8 heteroatoms. The van der Waals surface area contributed by atoms with E-state index in [4.69, 9.17) is 14.5 Å². The topological polar surface area (TPSA) is 63.2 Å². The molecule has 1 aliphatic rings. The molecule has 0 amide bonds. The van der Waals surface area contributed by atoms with E-state index in [-0.39, 0.29) is 35.9 Å². The Morgan fingerprint density at radius 3 is 2.58 bits per heavy atom. The zero-order valence-corrected chi connectivity index (χ0v) is 19.4. The first-order chi connectivity index (χ1) is 12.1. The number of nitrogens with one attached hydrogen (secondary N) is 1. The second-order valence-electron chi connectivity index (χ2n) is 5.92. The minimum atomic E-state index is -0.107. The number of carbonyl (C=O) groups is 1. The van der Waals surface area contributed by atoms with Crippen LogP contribution in [0.25, 0.3) is 0 Å². The van der Waals surface area contributed by atoms with Crippen molar-refractivity contribution in [3.05, 3.63) is 28.2 Å². The fraction of sp³-hybridized carbons (Fsp3) is 0.556. The second-order valence-corrected chi connectivity index (χ2v) is 6.78. The van der Waals surface area contributed by atoms with Crippen molar-refractivity contribution in [2.75, 3.05) is 33.9 Å². The molecule has 0 aromatic heterocycles. The second kappa shape index (κ2) is 11.6. The number of guanidine groups is 1. The van der Waals surface area contributed by atoms with Gasteiger partial charge in [-0.3, -0.25) is 4.79 Å². The van der Waals surface area contributed by atoms with Gasteiger partial charge in [0.1, 0.15) is 5.75 Å². The number of halogens is 2. The van der Waals surface area contributed by atoms with Gasteiger partial charge in [-0.15, -0.1) is 24.0 Å². The maximum atomic E-state index is 11.7. The summed E-state index contributed by atoms with van der Waals surface area (Å²) in [4.78, 5) is 18.6. The van der Waals surface area contributed by atoms with Crippen LogP contribution in [0.3, 0.4) is 0 Å². The van der Waals surface area contributed by atoms with Gasteiger partial charge in [-0.1, -0.05) is 6.07 Å².